The zero-order valence-corrected chi connectivity index (χ0v) is 20.8. The second kappa shape index (κ2) is 12.9. The van der Waals surface area contributed by atoms with Crippen molar-refractivity contribution in [1.82, 2.24) is 5.32 Å². The molecule has 2 fully saturated rings. The molecule has 4 atom stereocenters. The molecular formula is C25H43NO5S. The lowest BCUT2D eigenvalue weighted by Gasteiger charge is -2.23. The third kappa shape index (κ3) is 9.34. The summed E-state index contributed by atoms with van der Waals surface area (Å²) in [5, 5.41) is 13.0. The minimum atomic E-state index is -3.02. The molecule has 0 aromatic rings. The Kier molecular flexibility index (Phi) is 10.9. The maximum Gasteiger partial charge on any atom is 0.220 e. The largest absolute Gasteiger partial charge is 0.389 e. The van der Waals surface area contributed by atoms with Crippen molar-refractivity contribution < 1.29 is 23.1 Å². The number of aliphatic hydroxyl groups is 1. The summed E-state index contributed by atoms with van der Waals surface area (Å²) in [5.74, 6) is 0.779. The highest BCUT2D eigenvalue weighted by Crippen LogP contribution is 2.34. The van der Waals surface area contributed by atoms with Crippen molar-refractivity contribution in [3.63, 3.8) is 0 Å². The molecule has 0 aromatic carbocycles. The molecule has 1 saturated heterocycles. The van der Waals surface area contributed by atoms with Gasteiger partial charge in [-0.15, -0.1) is 0 Å². The van der Waals surface area contributed by atoms with Crippen molar-refractivity contribution in [3.8, 4) is 0 Å². The standard InChI is InChI=1S/C25H43NO5S/c1-3-4-7-10-21(27)15-13-20-14-16-23(28)22(20)11-8-5-6-9-12-24(29)26-25(2)17-18-32(30,31)19-25/h13,15,20-22,27H,3-12,14,16-19H2,1-2H3,(H,26,29)/b15-13+/t20-,21+,22+,25+/m0/s1. The lowest BCUT2D eigenvalue weighted by Crippen LogP contribution is -2.46. The molecule has 0 bridgehead atoms. The Morgan fingerprint density at radius 3 is 2.66 bits per heavy atom. The Morgan fingerprint density at radius 1 is 1.22 bits per heavy atom. The summed E-state index contributed by atoms with van der Waals surface area (Å²) in [4.78, 5) is 24.5. The number of sulfone groups is 1. The number of rotatable bonds is 14. The average molecular weight is 470 g/mol. The van der Waals surface area contributed by atoms with E-state index < -0.39 is 21.5 Å². The maximum absolute atomic E-state index is 12.3. The van der Waals surface area contributed by atoms with Gasteiger partial charge in [0, 0.05) is 18.8 Å². The van der Waals surface area contributed by atoms with E-state index in [1.54, 1.807) is 0 Å². The number of allylic oxidation sites excluding steroid dienone is 1. The second-order valence-corrected chi connectivity index (χ2v) is 12.3. The molecule has 2 N–H and O–H groups in total. The number of aliphatic hydroxyl groups excluding tert-OH is 1. The van der Waals surface area contributed by atoms with E-state index in [4.69, 9.17) is 0 Å². The van der Waals surface area contributed by atoms with Gasteiger partial charge in [-0.3, -0.25) is 9.59 Å². The lowest BCUT2D eigenvalue weighted by atomic mass is 9.89. The summed E-state index contributed by atoms with van der Waals surface area (Å²) in [6, 6.07) is 0. The molecule has 2 rings (SSSR count). The van der Waals surface area contributed by atoms with Gasteiger partial charge in [0.05, 0.1) is 23.1 Å². The van der Waals surface area contributed by atoms with E-state index in [-0.39, 0.29) is 29.2 Å². The van der Waals surface area contributed by atoms with E-state index in [0.717, 1.165) is 64.2 Å². The highest BCUT2D eigenvalue weighted by atomic mass is 32.2. The van der Waals surface area contributed by atoms with Crippen LogP contribution in [-0.2, 0) is 19.4 Å². The first-order valence-corrected chi connectivity index (χ1v) is 14.4. The van der Waals surface area contributed by atoms with Crippen LogP contribution in [-0.4, -0.2) is 48.4 Å². The first-order chi connectivity index (χ1) is 15.1. The van der Waals surface area contributed by atoms with Crippen molar-refractivity contribution >= 4 is 21.5 Å². The molecule has 1 aliphatic carbocycles. The number of Topliss-reactive ketones (excluding diaryl/α,β-unsaturated/α-hetero) is 1. The summed E-state index contributed by atoms with van der Waals surface area (Å²) in [6.07, 6.45) is 14.6. The first-order valence-electron chi connectivity index (χ1n) is 12.5. The van der Waals surface area contributed by atoms with Crippen molar-refractivity contribution in [2.24, 2.45) is 11.8 Å². The number of nitrogens with one attached hydrogen (secondary N) is 1. The fourth-order valence-electron chi connectivity index (χ4n) is 5.02. The van der Waals surface area contributed by atoms with Crippen LogP contribution in [0.3, 0.4) is 0 Å². The minimum absolute atomic E-state index is 0.0343. The Hall–Kier alpha value is -1.21. The molecule has 6 nitrogen and oxygen atoms in total. The van der Waals surface area contributed by atoms with E-state index in [0.29, 0.717) is 25.0 Å². The second-order valence-electron chi connectivity index (χ2n) is 10.1. The molecule has 0 unspecified atom stereocenters. The summed E-state index contributed by atoms with van der Waals surface area (Å²) >= 11 is 0. The number of carbonyl (C=O) groups excluding carboxylic acids is 2. The molecule has 2 aliphatic rings. The van der Waals surface area contributed by atoms with Crippen LogP contribution in [0.15, 0.2) is 12.2 Å². The number of carbonyl (C=O) groups is 2. The van der Waals surface area contributed by atoms with Gasteiger partial charge in [0.15, 0.2) is 9.84 Å². The Bertz CT molecular complexity index is 747. The molecule has 1 aliphatic heterocycles. The van der Waals surface area contributed by atoms with Gasteiger partial charge in [0.1, 0.15) is 5.78 Å². The fraction of sp³-hybridized carbons (Fsp3) is 0.840. The zero-order chi connectivity index (χ0) is 23.6. The Labute approximate surface area is 194 Å². The van der Waals surface area contributed by atoms with Crippen LogP contribution in [0.5, 0.6) is 0 Å². The molecule has 0 radical (unpaired) electrons. The number of unbranched alkanes of at least 4 members (excludes halogenated alkanes) is 5. The topological polar surface area (TPSA) is 101 Å². The van der Waals surface area contributed by atoms with Crippen molar-refractivity contribution in [2.45, 2.75) is 109 Å². The number of ketones is 1. The van der Waals surface area contributed by atoms with Gasteiger partial charge in [-0.1, -0.05) is 57.6 Å². The van der Waals surface area contributed by atoms with Crippen LogP contribution in [0.2, 0.25) is 0 Å². The minimum Gasteiger partial charge on any atom is -0.389 e. The zero-order valence-electron chi connectivity index (χ0n) is 20.0. The summed E-state index contributed by atoms with van der Waals surface area (Å²) in [5.41, 5.74) is -0.620. The Morgan fingerprint density at radius 2 is 1.97 bits per heavy atom. The predicted octanol–water partition coefficient (Wildman–Crippen LogP) is 4.11. The number of hydrogen-bond donors (Lipinski definition) is 2. The van der Waals surface area contributed by atoms with Crippen LogP contribution >= 0.6 is 0 Å². The van der Waals surface area contributed by atoms with Crippen LogP contribution in [0.25, 0.3) is 0 Å². The van der Waals surface area contributed by atoms with Gasteiger partial charge >= 0.3 is 0 Å². The van der Waals surface area contributed by atoms with E-state index in [2.05, 4.69) is 18.3 Å². The van der Waals surface area contributed by atoms with Crippen molar-refractivity contribution in [1.29, 1.82) is 0 Å². The molecule has 0 aromatic heterocycles. The molecule has 0 spiro atoms. The van der Waals surface area contributed by atoms with Crippen molar-refractivity contribution in [2.75, 3.05) is 11.5 Å². The van der Waals surface area contributed by atoms with Gasteiger partial charge < -0.3 is 10.4 Å². The molecule has 1 saturated carbocycles. The monoisotopic (exact) mass is 469 g/mol. The fourth-order valence-corrected chi connectivity index (χ4v) is 7.11. The van der Waals surface area contributed by atoms with E-state index in [1.807, 2.05) is 13.0 Å². The van der Waals surface area contributed by atoms with Crippen LogP contribution in [0.4, 0.5) is 0 Å². The summed E-state index contributed by atoms with van der Waals surface area (Å²) < 4.78 is 23.3. The normalized spacial score (nSPS) is 28.4. The number of hydrogen-bond acceptors (Lipinski definition) is 5. The summed E-state index contributed by atoms with van der Waals surface area (Å²) in [6.45, 7) is 3.96. The third-order valence-corrected chi connectivity index (χ3v) is 8.85. The summed E-state index contributed by atoms with van der Waals surface area (Å²) in [7, 11) is -3.02. The van der Waals surface area contributed by atoms with Gasteiger partial charge in [0.25, 0.3) is 0 Å². The molecule has 1 heterocycles. The molecular weight excluding hydrogens is 426 g/mol. The lowest BCUT2D eigenvalue weighted by molar-refractivity contribution is -0.123. The van der Waals surface area contributed by atoms with Gasteiger partial charge in [0.2, 0.25) is 5.91 Å². The van der Waals surface area contributed by atoms with Crippen LogP contribution in [0.1, 0.15) is 97.3 Å². The number of amides is 1. The quantitative estimate of drug-likeness (QED) is 0.294. The third-order valence-electron chi connectivity index (χ3n) is 6.95. The van der Waals surface area contributed by atoms with Crippen LogP contribution in [0, 0.1) is 11.8 Å². The molecule has 1 amide bonds. The van der Waals surface area contributed by atoms with Crippen molar-refractivity contribution in [3.05, 3.63) is 12.2 Å². The van der Waals surface area contributed by atoms with Gasteiger partial charge in [-0.25, -0.2) is 8.42 Å². The van der Waals surface area contributed by atoms with Gasteiger partial charge in [-0.2, -0.15) is 0 Å². The maximum atomic E-state index is 12.3. The Balaban J connectivity index is 1.61. The van der Waals surface area contributed by atoms with Crippen LogP contribution < -0.4 is 5.32 Å². The van der Waals surface area contributed by atoms with E-state index in [1.165, 1.54) is 0 Å². The highest BCUT2D eigenvalue weighted by Gasteiger charge is 2.39. The average Bonchev–Trinajstić information content (AvgIpc) is 3.20. The SMILES string of the molecule is CCCCC[C@@H](O)/C=C/[C@H]1CCC(=O)[C@@H]1CCCCCCC(=O)N[C@]1(C)CCS(=O)(=O)C1. The smallest absolute Gasteiger partial charge is 0.220 e. The van der Waals surface area contributed by atoms with Gasteiger partial charge in [-0.05, 0) is 44.9 Å². The predicted molar refractivity (Wildman–Crippen MR) is 128 cm³/mol. The van der Waals surface area contributed by atoms with E-state index in [9.17, 15) is 23.1 Å². The molecule has 7 heteroatoms. The highest BCUT2D eigenvalue weighted by molar-refractivity contribution is 7.91. The molecule has 32 heavy (non-hydrogen) atoms. The van der Waals surface area contributed by atoms with E-state index >= 15 is 0 Å². The molecule has 184 valence electrons. The first kappa shape index (κ1) is 27.0.